The van der Waals surface area contributed by atoms with Crippen LogP contribution in [0.25, 0.3) is 0 Å². The fourth-order valence-corrected chi connectivity index (χ4v) is 4.61. The molecule has 1 aromatic carbocycles. The molecule has 1 saturated heterocycles. The van der Waals surface area contributed by atoms with E-state index in [1.165, 1.54) is 5.56 Å². The Morgan fingerprint density at radius 1 is 1.04 bits per heavy atom. The second-order valence-corrected chi connectivity index (χ2v) is 7.78. The van der Waals surface area contributed by atoms with Gasteiger partial charge >= 0.3 is 0 Å². The Hall–Kier alpha value is -2.31. The standard InChI is InChI=1S/C21H24N2O4/c24-18-7-15-11-23(10-14-3-5-22-6-4-14)12-16(15)8-20(18)27-17-1-2-19-21(9-17)26-13-25-19/h1-6,9,15-16,18,20,24H,7-8,10-13H2/t15-,16+,18+,20+/m0/s1. The maximum absolute atomic E-state index is 10.6. The first-order valence-corrected chi connectivity index (χ1v) is 9.60. The molecule has 1 saturated carbocycles. The molecule has 3 aliphatic rings. The largest absolute Gasteiger partial charge is 0.488 e. The van der Waals surface area contributed by atoms with Gasteiger partial charge in [-0.2, -0.15) is 0 Å². The summed E-state index contributed by atoms with van der Waals surface area (Å²) in [5.74, 6) is 3.29. The number of aliphatic hydroxyl groups excluding tert-OH is 1. The fraction of sp³-hybridized carbons (Fsp3) is 0.476. The van der Waals surface area contributed by atoms with E-state index < -0.39 is 6.10 Å². The van der Waals surface area contributed by atoms with E-state index in [0.717, 1.165) is 44.0 Å². The van der Waals surface area contributed by atoms with E-state index in [-0.39, 0.29) is 12.9 Å². The van der Waals surface area contributed by atoms with Gasteiger partial charge in [0.25, 0.3) is 0 Å². The zero-order valence-electron chi connectivity index (χ0n) is 15.2. The normalized spacial score (nSPS) is 29.5. The highest BCUT2D eigenvalue weighted by molar-refractivity contribution is 5.47. The van der Waals surface area contributed by atoms with Crippen LogP contribution < -0.4 is 14.2 Å². The van der Waals surface area contributed by atoms with Gasteiger partial charge in [-0.15, -0.1) is 0 Å². The molecular weight excluding hydrogens is 344 g/mol. The summed E-state index contributed by atoms with van der Waals surface area (Å²) >= 11 is 0. The molecule has 4 atom stereocenters. The molecule has 142 valence electrons. The summed E-state index contributed by atoms with van der Waals surface area (Å²) in [6.45, 7) is 3.29. The molecule has 2 fully saturated rings. The first kappa shape index (κ1) is 16.8. The number of likely N-dealkylation sites (tertiary alicyclic amines) is 1. The lowest BCUT2D eigenvalue weighted by molar-refractivity contribution is -0.0232. The number of hydrogen-bond donors (Lipinski definition) is 1. The van der Waals surface area contributed by atoms with Gasteiger partial charge in [-0.3, -0.25) is 9.88 Å². The average molecular weight is 368 g/mol. The molecule has 0 spiro atoms. The summed E-state index contributed by atoms with van der Waals surface area (Å²) < 4.78 is 16.9. The SMILES string of the molecule is O[C@@H]1C[C@H]2CN(Cc3ccncc3)C[C@H]2C[C@H]1Oc1ccc2c(c1)OCO2. The van der Waals surface area contributed by atoms with Crippen LogP contribution in [-0.2, 0) is 6.54 Å². The maximum atomic E-state index is 10.6. The fourth-order valence-electron chi connectivity index (χ4n) is 4.61. The Balaban J connectivity index is 1.23. The number of aliphatic hydroxyl groups is 1. The van der Waals surface area contributed by atoms with Crippen LogP contribution in [0.3, 0.4) is 0 Å². The van der Waals surface area contributed by atoms with Crippen molar-refractivity contribution in [3.8, 4) is 17.2 Å². The highest BCUT2D eigenvalue weighted by Gasteiger charge is 2.42. The van der Waals surface area contributed by atoms with E-state index in [1.807, 2.05) is 30.6 Å². The molecule has 0 amide bonds. The van der Waals surface area contributed by atoms with Crippen LogP contribution in [0.4, 0.5) is 0 Å². The topological polar surface area (TPSA) is 64.1 Å². The number of rotatable bonds is 4. The minimum Gasteiger partial charge on any atom is -0.488 e. The van der Waals surface area contributed by atoms with Crippen LogP contribution in [0.1, 0.15) is 18.4 Å². The molecular formula is C21H24N2O4. The van der Waals surface area contributed by atoms with Crippen molar-refractivity contribution in [3.63, 3.8) is 0 Å². The van der Waals surface area contributed by atoms with E-state index in [9.17, 15) is 5.11 Å². The number of nitrogens with zero attached hydrogens (tertiary/aromatic N) is 2. The highest BCUT2D eigenvalue weighted by atomic mass is 16.7. The zero-order valence-corrected chi connectivity index (χ0v) is 15.2. The maximum Gasteiger partial charge on any atom is 0.231 e. The van der Waals surface area contributed by atoms with Crippen molar-refractivity contribution in [3.05, 3.63) is 48.3 Å². The molecule has 0 bridgehead atoms. The first-order chi connectivity index (χ1) is 13.2. The van der Waals surface area contributed by atoms with Gasteiger partial charge in [-0.05, 0) is 54.5 Å². The lowest BCUT2D eigenvalue weighted by atomic mass is 9.78. The van der Waals surface area contributed by atoms with Gasteiger partial charge in [0.05, 0.1) is 6.10 Å². The second-order valence-electron chi connectivity index (χ2n) is 7.78. The Bertz CT molecular complexity index is 800. The third-order valence-electron chi connectivity index (χ3n) is 5.95. The van der Waals surface area contributed by atoms with E-state index in [0.29, 0.717) is 17.6 Å². The van der Waals surface area contributed by atoms with E-state index in [4.69, 9.17) is 14.2 Å². The molecule has 6 heteroatoms. The van der Waals surface area contributed by atoms with Crippen LogP contribution in [0.2, 0.25) is 0 Å². The predicted octanol–water partition coefficient (Wildman–Crippen LogP) is 2.46. The van der Waals surface area contributed by atoms with E-state index in [1.54, 1.807) is 0 Å². The van der Waals surface area contributed by atoms with Crippen molar-refractivity contribution in [2.24, 2.45) is 11.8 Å². The van der Waals surface area contributed by atoms with Gasteiger partial charge in [0.1, 0.15) is 11.9 Å². The van der Waals surface area contributed by atoms with Crippen LogP contribution in [0.15, 0.2) is 42.7 Å². The molecule has 1 aromatic heterocycles. The Labute approximate surface area is 158 Å². The van der Waals surface area contributed by atoms with Gasteiger partial charge in [-0.1, -0.05) is 0 Å². The third-order valence-corrected chi connectivity index (χ3v) is 5.95. The Morgan fingerprint density at radius 3 is 2.67 bits per heavy atom. The van der Waals surface area contributed by atoms with E-state index in [2.05, 4.69) is 22.0 Å². The Kier molecular flexibility index (Phi) is 4.38. The second kappa shape index (κ2) is 7.02. The lowest BCUT2D eigenvalue weighted by Gasteiger charge is -2.35. The zero-order chi connectivity index (χ0) is 18.2. The minimum atomic E-state index is -0.433. The average Bonchev–Trinajstić information content (AvgIpc) is 3.28. The Morgan fingerprint density at radius 2 is 1.81 bits per heavy atom. The van der Waals surface area contributed by atoms with Crippen molar-refractivity contribution in [2.45, 2.75) is 31.6 Å². The summed E-state index contributed by atoms with van der Waals surface area (Å²) in [7, 11) is 0. The monoisotopic (exact) mass is 368 g/mol. The van der Waals surface area contributed by atoms with Crippen LogP contribution >= 0.6 is 0 Å². The third kappa shape index (κ3) is 3.47. The van der Waals surface area contributed by atoms with Gasteiger partial charge in [0.2, 0.25) is 6.79 Å². The summed E-state index contributed by atoms with van der Waals surface area (Å²) in [6.07, 6.45) is 4.76. The summed E-state index contributed by atoms with van der Waals surface area (Å²) in [4.78, 5) is 6.58. The van der Waals surface area contributed by atoms with E-state index >= 15 is 0 Å². The summed E-state index contributed by atoms with van der Waals surface area (Å²) in [5, 5.41) is 10.6. The van der Waals surface area contributed by atoms with Crippen molar-refractivity contribution in [1.29, 1.82) is 0 Å². The minimum absolute atomic E-state index is 0.174. The molecule has 2 aliphatic heterocycles. The molecule has 3 heterocycles. The first-order valence-electron chi connectivity index (χ1n) is 9.60. The summed E-state index contributed by atoms with van der Waals surface area (Å²) in [6, 6.07) is 9.74. The number of hydrogen-bond acceptors (Lipinski definition) is 6. The molecule has 1 N–H and O–H groups in total. The van der Waals surface area contributed by atoms with Crippen molar-refractivity contribution in [1.82, 2.24) is 9.88 Å². The smallest absolute Gasteiger partial charge is 0.231 e. The van der Waals surface area contributed by atoms with Gasteiger partial charge in [0, 0.05) is 38.1 Å². The molecule has 0 unspecified atom stereocenters. The van der Waals surface area contributed by atoms with Gasteiger partial charge < -0.3 is 19.3 Å². The summed E-state index contributed by atoms with van der Waals surface area (Å²) in [5.41, 5.74) is 1.29. The van der Waals surface area contributed by atoms with Crippen LogP contribution in [-0.4, -0.2) is 47.1 Å². The van der Waals surface area contributed by atoms with Crippen molar-refractivity contribution >= 4 is 0 Å². The van der Waals surface area contributed by atoms with Crippen molar-refractivity contribution < 1.29 is 19.3 Å². The van der Waals surface area contributed by atoms with Gasteiger partial charge in [-0.25, -0.2) is 0 Å². The molecule has 1 aliphatic carbocycles. The molecule has 5 rings (SSSR count). The molecule has 2 aromatic rings. The van der Waals surface area contributed by atoms with Crippen molar-refractivity contribution in [2.75, 3.05) is 19.9 Å². The molecule has 6 nitrogen and oxygen atoms in total. The lowest BCUT2D eigenvalue weighted by Crippen LogP contribution is -2.42. The number of pyridine rings is 1. The number of ether oxygens (including phenoxy) is 3. The van der Waals surface area contributed by atoms with Crippen LogP contribution in [0.5, 0.6) is 17.2 Å². The van der Waals surface area contributed by atoms with Crippen LogP contribution in [0, 0.1) is 11.8 Å². The highest BCUT2D eigenvalue weighted by Crippen LogP contribution is 2.40. The number of aromatic nitrogens is 1. The quantitative estimate of drug-likeness (QED) is 0.894. The predicted molar refractivity (Wildman–Crippen MR) is 98.7 cm³/mol. The molecule has 0 radical (unpaired) electrons. The number of fused-ring (bicyclic) bond motifs is 2. The molecule has 27 heavy (non-hydrogen) atoms. The number of benzene rings is 1. The van der Waals surface area contributed by atoms with Gasteiger partial charge in [0.15, 0.2) is 11.5 Å².